The molecule has 1 unspecified atom stereocenters. The average molecular weight is 230 g/mol. The van der Waals surface area contributed by atoms with E-state index in [0.29, 0.717) is 0 Å². The van der Waals surface area contributed by atoms with Crippen molar-refractivity contribution >= 4 is 0 Å². The molecule has 92 valence electrons. The van der Waals surface area contributed by atoms with Crippen molar-refractivity contribution in [2.75, 3.05) is 26.2 Å². The van der Waals surface area contributed by atoms with E-state index in [4.69, 9.17) is 0 Å². The molecule has 1 saturated heterocycles. The molecule has 1 aromatic rings. The average Bonchev–Trinajstić information content (AvgIpc) is 2.54. The minimum atomic E-state index is 0.0563. The van der Waals surface area contributed by atoms with Gasteiger partial charge in [-0.25, -0.2) is 0 Å². The van der Waals surface area contributed by atoms with Crippen molar-refractivity contribution in [1.29, 1.82) is 0 Å². The van der Waals surface area contributed by atoms with E-state index in [1.165, 1.54) is 12.0 Å². The predicted molar refractivity (Wildman–Crippen MR) is 73.1 cm³/mol. The van der Waals surface area contributed by atoms with Gasteiger partial charge in [0.2, 0.25) is 0 Å². The first-order chi connectivity index (χ1) is 8.24. The van der Waals surface area contributed by atoms with Crippen LogP contribution < -0.4 is 5.32 Å². The number of nitrogens with one attached hydrogen (secondary N) is 1. The molecule has 0 saturated carbocycles. The SMILES string of the molecule is C=CCN1CCCNC(C)(c2ccccc2)C1. The first-order valence-corrected chi connectivity index (χ1v) is 6.38. The molecule has 0 bridgehead atoms. The van der Waals surface area contributed by atoms with Gasteiger partial charge in [0.15, 0.2) is 0 Å². The molecule has 2 rings (SSSR count). The van der Waals surface area contributed by atoms with Crippen LogP contribution in [0.2, 0.25) is 0 Å². The Hall–Kier alpha value is -1.12. The minimum absolute atomic E-state index is 0.0563. The van der Waals surface area contributed by atoms with Gasteiger partial charge in [0.05, 0.1) is 5.54 Å². The highest BCUT2D eigenvalue weighted by Crippen LogP contribution is 2.23. The van der Waals surface area contributed by atoms with Crippen LogP contribution in [0.15, 0.2) is 43.0 Å². The summed E-state index contributed by atoms with van der Waals surface area (Å²) in [6, 6.07) is 10.7. The fourth-order valence-electron chi connectivity index (χ4n) is 2.59. The van der Waals surface area contributed by atoms with Crippen molar-refractivity contribution in [1.82, 2.24) is 10.2 Å². The topological polar surface area (TPSA) is 15.3 Å². The van der Waals surface area contributed by atoms with Crippen molar-refractivity contribution < 1.29 is 0 Å². The Labute approximate surface area is 104 Å². The van der Waals surface area contributed by atoms with Gasteiger partial charge in [-0.2, -0.15) is 0 Å². The molecule has 0 aromatic heterocycles. The molecule has 0 radical (unpaired) electrons. The van der Waals surface area contributed by atoms with Gasteiger partial charge in [-0.05, 0) is 32.0 Å². The Morgan fingerprint density at radius 3 is 2.88 bits per heavy atom. The van der Waals surface area contributed by atoms with Gasteiger partial charge in [0, 0.05) is 13.1 Å². The molecule has 1 heterocycles. The van der Waals surface area contributed by atoms with Gasteiger partial charge in [-0.15, -0.1) is 6.58 Å². The molecular formula is C15H22N2. The molecule has 1 aliphatic heterocycles. The molecule has 1 aliphatic rings. The summed E-state index contributed by atoms with van der Waals surface area (Å²) in [6.07, 6.45) is 3.20. The van der Waals surface area contributed by atoms with Crippen molar-refractivity contribution in [2.45, 2.75) is 18.9 Å². The lowest BCUT2D eigenvalue weighted by Gasteiger charge is -2.33. The maximum atomic E-state index is 3.84. The third kappa shape index (κ3) is 2.96. The molecule has 1 N–H and O–H groups in total. The molecule has 2 nitrogen and oxygen atoms in total. The molecule has 0 spiro atoms. The molecule has 0 aliphatic carbocycles. The van der Waals surface area contributed by atoms with Crippen molar-refractivity contribution in [3.8, 4) is 0 Å². The fraction of sp³-hybridized carbons (Fsp3) is 0.467. The molecule has 0 amide bonds. The highest BCUT2D eigenvalue weighted by atomic mass is 15.2. The number of benzene rings is 1. The highest BCUT2D eigenvalue weighted by molar-refractivity contribution is 5.24. The first-order valence-electron chi connectivity index (χ1n) is 6.38. The summed E-state index contributed by atoms with van der Waals surface area (Å²) in [6.45, 7) is 10.4. The lowest BCUT2D eigenvalue weighted by Crippen LogP contribution is -2.46. The Morgan fingerprint density at radius 1 is 1.41 bits per heavy atom. The number of nitrogens with zero attached hydrogens (tertiary/aromatic N) is 1. The summed E-state index contributed by atoms with van der Waals surface area (Å²) in [4.78, 5) is 2.47. The van der Waals surface area contributed by atoms with Crippen LogP contribution in [0, 0.1) is 0 Å². The maximum absolute atomic E-state index is 3.84. The van der Waals surface area contributed by atoms with Gasteiger partial charge in [0.25, 0.3) is 0 Å². The lowest BCUT2D eigenvalue weighted by atomic mass is 9.91. The quantitative estimate of drug-likeness (QED) is 0.802. The van der Waals surface area contributed by atoms with Crippen LogP contribution in [0.25, 0.3) is 0 Å². The van der Waals surface area contributed by atoms with Gasteiger partial charge in [0.1, 0.15) is 0 Å². The standard InChI is InChI=1S/C15H22N2/c1-3-11-17-12-7-10-16-15(2,13-17)14-8-5-4-6-9-14/h3-6,8-9,16H,1,7,10-13H2,2H3. The van der Waals surface area contributed by atoms with Gasteiger partial charge < -0.3 is 5.32 Å². The van der Waals surface area contributed by atoms with E-state index >= 15 is 0 Å². The van der Waals surface area contributed by atoms with Crippen LogP contribution in [-0.4, -0.2) is 31.1 Å². The minimum Gasteiger partial charge on any atom is -0.307 e. The van der Waals surface area contributed by atoms with Crippen molar-refractivity contribution in [3.05, 3.63) is 48.6 Å². The predicted octanol–water partition coefficient (Wildman–Crippen LogP) is 2.38. The molecule has 1 fully saturated rings. The van der Waals surface area contributed by atoms with E-state index < -0.39 is 0 Å². The summed E-state index contributed by atoms with van der Waals surface area (Å²) in [5.41, 5.74) is 1.43. The zero-order chi connectivity index (χ0) is 12.1. The number of hydrogen-bond acceptors (Lipinski definition) is 2. The summed E-state index contributed by atoms with van der Waals surface area (Å²) >= 11 is 0. The van der Waals surface area contributed by atoms with E-state index in [0.717, 1.165) is 26.2 Å². The lowest BCUT2D eigenvalue weighted by molar-refractivity contribution is 0.239. The van der Waals surface area contributed by atoms with E-state index in [9.17, 15) is 0 Å². The zero-order valence-corrected chi connectivity index (χ0v) is 10.7. The molecule has 2 heteroatoms. The smallest absolute Gasteiger partial charge is 0.0535 e. The Bertz CT molecular complexity index is 360. The van der Waals surface area contributed by atoms with E-state index in [-0.39, 0.29) is 5.54 Å². The molecule has 17 heavy (non-hydrogen) atoms. The monoisotopic (exact) mass is 230 g/mol. The summed E-state index contributed by atoms with van der Waals surface area (Å²) in [5.74, 6) is 0. The second-order valence-corrected chi connectivity index (χ2v) is 5.00. The normalized spacial score (nSPS) is 26.4. The third-order valence-corrected chi connectivity index (χ3v) is 3.50. The van der Waals surface area contributed by atoms with Crippen molar-refractivity contribution in [3.63, 3.8) is 0 Å². The Morgan fingerprint density at radius 2 is 2.18 bits per heavy atom. The highest BCUT2D eigenvalue weighted by Gasteiger charge is 2.29. The van der Waals surface area contributed by atoms with Crippen LogP contribution >= 0.6 is 0 Å². The van der Waals surface area contributed by atoms with Crippen LogP contribution in [0.1, 0.15) is 18.9 Å². The second kappa shape index (κ2) is 5.48. The van der Waals surface area contributed by atoms with Crippen LogP contribution in [0.3, 0.4) is 0 Å². The summed E-state index contributed by atoms with van der Waals surface area (Å²) in [5, 5.41) is 3.69. The summed E-state index contributed by atoms with van der Waals surface area (Å²) < 4.78 is 0. The second-order valence-electron chi connectivity index (χ2n) is 5.00. The largest absolute Gasteiger partial charge is 0.307 e. The van der Waals surface area contributed by atoms with Crippen LogP contribution in [0.5, 0.6) is 0 Å². The van der Waals surface area contributed by atoms with E-state index in [2.05, 4.69) is 54.1 Å². The summed E-state index contributed by atoms with van der Waals surface area (Å²) in [7, 11) is 0. The number of hydrogen-bond donors (Lipinski definition) is 1. The van der Waals surface area contributed by atoms with E-state index in [1.54, 1.807) is 0 Å². The van der Waals surface area contributed by atoms with Gasteiger partial charge in [-0.3, -0.25) is 4.90 Å². The molecule has 1 atom stereocenters. The van der Waals surface area contributed by atoms with E-state index in [1.807, 2.05) is 6.08 Å². The first kappa shape index (κ1) is 12.3. The fourth-order valence-corrected chi connectivity index (χ4v) is 2.59. The van der Waals surface area contributed by atoms with Crippen LogP contribution in [-0.2, 0) is 5.54 Å². The van der Waals surface area contributed by atoms with Crippen molar-refractivity contribution in [2.24, 2.45) is 0 Å². The Kier molecular flexibility index (Phi) is 3.97. The third-order valence-electron chi connectivity index (χ3n) is 3.50. The van der Waals surface area contributed by atoms with Gasteiger partial charge >= 0.3 is 0 Å². The molecular weight excluding hydrogens is 208 g/mol. The van der Waals surface area contributed by atoms with Crippen LogP contribution in [0.4, 0.5) is 0 Å². The zero-order valence-electron chi connectivity index (χ0n) is 10.7. The maximum Gasteiger partial charge on any atom is 0.0535 e. The van der Waals surface area contributed by atoms with Gasteiger partial charge in [-0.1, -0.05) is 36.4 Å². The molecule has 1 aromatic carbocycles. The number of rotatable bonds is 3. The Balaban J connectivity index is 2.19.